The molecule has 1 fully saturated rings. The average molecular weight is 284 g/mol. The van der Waals surface area contributed by atoms with Gasteiger partial charge in [-0.2, -0.15) is 0 Å². The fourth-order valence-corrected chi connectivity index (χ4v) is 3.20. The topological polar surface area (TPSA) is 28.2 Å². The van der Waals surface area contributed by atoms with E-state index in [2.05, 4.69) is 40.3 Å². The molecule has 0 spiro atoms. The Morgan fingerprint density at radius 2 is 2.11 bits per heavy atom. The summed E-state index contributed by atoms with van der Waals surface area (Å²) < 4.78 is 1.31. The van der Waals surface area contributed by atoms with Crippen molar-refractivity contribution < 1.29 is 0 Å². The molecule has 0 bridgehead atoms. The number of aryl methyl sites for hydroxylation is 1. The first-order valence-electron chi connectivity index (χ1n) is 6.10. The second kappa shape index (κ2) is 5.97. The largest absolute Gasteiger partial charge is 0.314 e. The molecule has 1 aromatic heterocycles. The van der Waals surface area contributed by atoms with Crippen molar-refractivity contribution in [3.05, 3.63) is 28.8 Å². The summed E-state index contributed by atoms with van der Waals surface area (Å²) in [5.41, 5.74) is 2.54. The van der Waals surface area contributed by atoms with Crippen LogP contribution in [0.2, 0.25) is 0 Å². The normalized spacial score (nSPS) is 16.7. The number of benzene rings is 1. The van der Waals surface area contributed by atoms with Gasteiger partial charge in [0.25, 0.3) is 0 Å². The van der Waals surface area contributed by atoms with Crippen molar-refractivity contribution in [3.63, 3.8) is 0 Å². The summed E-state index contributed by atoms with van der Waals surface area (Å²) in [5, 5.41) is 4.54. The zero-order chi connectivity index (χ0) is 11.7. The fraction of sp³-hybridized carbons (Fsp3) is 0.462. The van der Waals surface area contributed by atoms with Crippen LogP contribution in [-0.4, -0.2) is 36.1 Å². The Balaban J connectivity index is 0.00000120. The Labute approximate surface area is 118 Å². The lowest BCUT2D eigenvalue weighted by Crippen LogP contribution is -2.42. The SMILES string of the molecule is Cc1nc2ccc(CN3CCNCC3)cc2s1.Cl. The molecule has 1 saturated heterocycles. The highest BCUT2D eigenvalue weighted by atomic mass is 35.5. The van der Waals surface area contributed by atoms with Crippen LogP contribution in [0.5, 0.6) is 0 Å². The minimum atomic E-state index is 0. The summed E-state index contributed by atoms with van der Waals surface area (Å²) in [6, 6.07) is 6.65. The zero-order valence-corrected chi connectivity index (χ0v) is 12.1. The number of hydrogen-bond acceptors (Lipinski definition) is 4. The minimum Gasteiger partial charge on any atom is -0.314 e. The molecule has 98 valence electrons. The fourth-order valence-electron chi connectivity index (χ4n) is 2.31. The molecule has 1 aromatic carbocycles. The summed E-state index contributed by atoms with van der Waals surface area (Å²) in [6.45, 7) is 7.67. The molecule has 2 heterocycles. The van der Waals surface area contributed by atoms with Crippen LogP contribution in [0, 0.1) is 6.92 Å². The van der Waals surface area contributed by atoms with Crippen LogP contribution in [0.15, 0.2) is 18.2 Å². The maximum atomic E-state index is 4.50. The molecule has 0 radical (unpaired) electrons. The van der Waals surface area contributed by atoms with Crippen molar-refractivity contribution in [2.24, 2.45) is 0 Å². The Morgan fingerprint density at radius 1 is 1.33 bits per heavy atom. The lowest BCUT2D eigenvalue weighted by Gasteiger charge is -2.27. The molecule has 3 rings (SSSR count). The number of aromatic nitrogens is 1. The predicted octanol–water partition coefficient (Wildman–Crippen LogP) is 2.43. The van der Waals surface area contributed by atoms with Crippen LogP contribution >= 0.6 is 23.7 Å². The third-order valence-electron chi connectivity index (χ3n) is 3.18. The zero-order valence-electron chi connectivity index (χ0n) is 10.5. The standard InChI is InChI=1S/C13H17N3S.ClH/c1-10-15-12-3-2-11(8-13(12)17-10)9-16-6-4-14-5-7-16;/h2-3,8,14H,4-7,9H2,1H3;1H. The molecular weight excluding hydrogens is 266 g/mol. The number of piperazine rings is 1. The van der Waals surface area contributed by atoms with E-state index in [1.165, 1.54) is 10.3 Å². The van der Waals surface area contributed by atoms with Crippen LogP contribution in [-0.2, 0) is 6.54 Å². The third-order valence-corrected chi connectivity index (χ3v) is 4.11. The Hall–Kier alpha value is -0.680. The van der Waals surface area contributed by atoms with Gasteiger partial charge < -0.3 is 5.32 Å². The van der Waals surface area contributed by atoms with E-state index in [4.69, 9.17) is 0 Å². The van der Waals surface area contributed by atoms with Gasteiger partial charge in [-0.3, -0.25) is 4.90 Å². The van der Waals surface area contributed by atoms with Gasteiger partial charge in [-0.1, -0.05) is 6.07 Å². The van der Waals surface area contributed by atoms with E-state index in [-0.39, 0.29) is 12.4 Å². The molecule has 0 amide bonds. The van der Waals surface area contributed by atoms with Crippen LogP contribution in [0.3, 0.4) is 0 Å². The number of hydrogen-bond donors (Lipinski definition) is 1. The third kappa shape index (κ3) is 3.01. The molecular formula is C13H18ClN3S. The second-order valence-electron chi connectivity index (χ2n) is 4.56. The number of thiazole rings is 1. The molecule has 1 N–H and O–H groups in total. The van der Waals surface area contributed by atoms with Gasteiger partial charge in [0.05, 0.1) is 15.2 Å². The highest BCUT2D eigenvalue weighted by Gasteiger charge is 2.10. The minimum absolute atomic E-state index is 0. The first-order chi connectivity index (χ1) is 8.31. The maximum absolute atomic E-state index is 4.50. The predicted molar refractivity (Wildman–Crippen MR) is 79.8 cm³/mol. The van der Waals surface area contributed by atoms with Crippen molar-refractivity contribution in [1.82, 2.24) is 15.2 Å². The van der Waals surface area contributed by atoms with Crippen LogP contribution in [0.25, 0.3) is 10.2 Å². The monoisotopic (exact) mass is 283 g/mol. The lowest BCUT2D eigenvalue weighted by atomic mass is 10.2. The molecule has 0 unspecified atom stereocenters. The Kier molecular flexibility index (Phi) is 4.56. The second-order valence-corrected chi connectivity index (χ2v) is 5.80. The van der Waals surface area contributed by atoms with E-state index in [0.29, 0.717) is 0 Å². The van der Waals surface area contributed by atoms with Crippen LogP contribution < -0.4 is 5.32 Å². The van der Waals surface area contributed by atoms with E-state index >= 15 is 0 Å². The first kappa shape index (κ1) is 13.7. The van der Waals surface area contributed by atoms with Crippen molar-refractivity contribution in [2.75, 3.05) is 26.2 Å². The number of nitrogens with zero attached hydrogens (tertiary/aromatic N) is 2. The van der Waals surface area contributed by atoms with Gasteiger partial charge in [-0.25, -0.2) is 4.98 Å². The van der Waals surface area contributed by atoms with Gasteiger partial charge in [0, 0.05) is 32.7 Å². The molecule has 1 aliphatic heterocycles. The summed E-state index contributed by atoms with van der Waals surface area (Å²) in [5.74, 6) is 0. The van der Waals surface area contributed by atoms with Crippen molar-refractivity contribution >= 4 is 34.0 Å². The van der Waals surface area contributed by atoms with Crippen molar-refractivity contribution in [3.8, 4) is 0 Å². The van der Waals surface area contributed by atoms with E-state index in [9.17, 15) is 0 Å². The van der Waals surface area contributed by atoms with Crippen molar-refractivity contribution in [2.45, 2.75) is 13.5 Å². The summed E-state index contributed by atoms with van der Waals surface area (Å²) >= 11 is 1.79. The lowest BCUT2D eigenvalue weighted by molar-refractivity contribution is 0.233. The van der Waals surface area contributed by atoms with Gasteiger partial charge in [0.1, 0.15) is 0 Å². The number of rotatable bonds is 2. The highest BCUT2D eigenvalue weighted by molar-refractivity contribution is 7.18. The molecule has 1 aliphatic rings. The molecule has 3 nitrogen and oxygen atoms in total. The van der Waals surface area contributed by atoms with Crippen LogP contribution in [0.4, 0.5) is 0 Å². The van der Waals surface area contributed by atoms with Gasteiger partial charge in [-0.15, -0.1) is 23.7 Å². The summed E-state index contributed by atoms with van der Waals surface area (Å²) in [4.78, 5) is 7.00. The smallest absolute Gasteiger partial charge is 0.0907 e. The summed E-state index contributed by atoms with van der Waals surface area (Å²) in [6.07, 6.45) is 0. The summed E-state index contributed by atoms with van der Waals surface area (Å²) in [7, 11) is 0. The number of halogens is 1. The molecule has 2 aromatic rings. The van der Waals surface area contributed by atoms with E-state index in [1.807, 2.05) is 0 Å². The van der Waals surface area contributed by atoms with E-state index < -0.39 is 0 Å². The molecule has 18 heavy (non-hydrogen) atoms. The Morgan fingerprint density at radius 3 is 2.89 bits per heavy atom. The number of nitrogens with one attached hydrogen (secondary N) is 1. The first-order valence-corrected chi connectivity index (χ1v) is 6.92. The molecule has 0 atom stereocenters. The number of fused-ring (bicyclic) bond motifs is 1. The van der Waals surface area contributed by atoms with Crippen LogP contribution in [0.1, 0.15) is 10.6 Å². The van der Waals surface area contributed by atoms with E-state index in [1.54, 1.807) is 11.3 Å². The molecule has 5 heteroatoms. The van der Waals surface area contributed by atoms with E-state index in [0.717, 1.165) is 43.2 Å². The molecule has 0 saturated carbocycles. The average Bonchev–Trinajstić information content (AvgIpc) is 2.70. The van der Waals surface area contributed by atoms with Gasteiger partial charge >= 0.3 is 0 Å². The Bertz CT molecular complexity index is 520. The maximum Gasteiger partial charge on any atom is 0.0907 e. The van der Waals surface area contributed by atoms with Gasteiger partial charge in [-0.05, 0) is 24.6 Å². The quantitative estimate of drug-likeness (QED) is 0.918. The van der Waals surface area contributed by atoms with Gasteiger partial charge in [0.2, 0.25) is 0 Å². The van der Waals surface area contributed by atoms with Crippen molar-refractivity contribution in [1.29, 1.82) is 0 Å². The van der Waals surface area contributed by atoms with Gasteiger partial charge in [0.15, 0.2) is 0 Å². The molecule has 0 aliphatic carbocycles. The highest BCUT2D eigenvalue weighted by Crippen LogP contribution is 2.23.